The minimum absolute atomic E-state index is 0.137. The molecule has 0 bridgehead atoms. The Morgan fingerprint density at radius 2 is 1.35 bits per heavy atom. The van der Waals surface area contributed by atoms with Crippen LogP contribution in [0.3, 0.4) is 0 Å². The third kappa shape index (κ3) is 2.72. The second-order valence-corrected chi connectivity index (χ2v) is 5.99. The molecule has 1 nitrogen and oxygen atoms in total. The van der Waals surface area contributed by atoms with Gasteiger partial charge < -0.3 is 0 Å². The van der Waals surface area contributed by atoms with Gasteiger partial charge in [0.15, 0.2) is 0 Å². The SMILES string of the molecule is CC1(C)C=C(c2ccccc2)N=C(c2ccccc2)C1. The van der Waals surface area contributed by atoms with Gasteiger partial charge in [-0.3, -0.25) is 4.99 Å². The summed E-state index contributed by atoms with van der Waals surface area (Å²) in [6.07, 6.45) is 3.27. The molecule has 0 spiro atoms. The van der Waals surface area contributed by atoms with Crippen molar-refractivity contribution in [2.45, 2.75) is 20.3 Å². The molecule has 0 saturated carbocycles. The van der Waals surface area contributed by atoms with Crippen molar-refractivity contribution in [1.82, 2.24) is 0 Å². The maximum Gasteiger partial charge on any atom is 0.0671 e. The summed E-state index contributed by atoms with van der Waals surface area (Å²) in [5.41, 5.74) is 4.81. The zero-order valence-corrected chi connectivity index (χ0v) is 12.0. The van der Waals surface area contributed by atoms with Crippen LogP contribution < -0.4 is 0 Å². The lowest BCUT2D eigenvalue weighted by Gasteiger charge is -2.27. The van der Waals surface area contributed by atoms with Crippen molar-refractivity contribution in [3.63, 3.8) is 0 Å². The van der Waals surface area contributed by atoms with Gasteiger partial charge in [0, 0.05) is 5.71 Å². The molecule has 0 aliphatic carbocycles. The highest BCUT2D eigenvalue weighted by Gasteiger charge is 2.24. The van der Waals surface area contributed by atoms with Crippen LogP contribution in [0.4, 0.5) is 0 Å². The van der Waals surface area contributed by atoms with Crippen LogP contribution in [-0.4, -0.2) is 5.71 Å². The van der Waals surface area contributed by atoms with Crippen LogP contribution >= 0.6 is 0 Å². The van der Waals surface area contributed by atoms with Crippen molar-refractivity contribution in [3.8, 4) is 0 Å². The maximum absolute atomic E-state index is 4.90. The fourth-order valence-electron chi connectivity index (χ4n) is 2.62. The summed E-state index contributed by atoms with van der Waals surface area (Å²) in [4.78, 5) is 4.90. The molecule has 100 valence electrons. The molecule has 0 N–H and O–H groups in total. The molecule has 0 atom stereocenters. The topological polar surface area (TPSA) is 12.4 Å². The number of aliphatic imine (C=N–C) groups is 1. The zero-order chi connectivity index (χ0) is 14.0. The molecule has 0 unspecified atom stereocenters. The number of hydrogen-bond donors (Lipinski definition) is 0. The maximum atomic E-state index is 4.90. The molecule has 0 fully saturated rings. The first-order valence-corrected chi connectivity index (χ1v) is 7.05. The van der Waals surface area contributed by atoms with Gasteiger partial charge in [0.2, 0.25) is 0 Å². The Hall–Kier alpha value is -2.15. The van der Waals surface area contributed by atoms with Gasteiger partial charge in [-0.1, -0.05) is 80.6 Å². The van der Waals surface area contributed by atoms with E-state index in [4.69, 9.17) is 4.99 Å². The first kappa shape index (κ1) is 12.9. The average Bonchev–Trinajstić information content (AvgIpc) is 2.47. The summed E-state index contributed by atoms with van der Waals surface area (Å²) < 4.78 is 0. The van der Waals surface area contributed by atoms with Crippen molar-refractivity contribution >= 4 is 11.4 Å². The zero-order valence-electron chi connectivity index (χ0n) is 12.0. The fraction of sp³-hybridized carbons (Fsp3) is 0.211. The molecule has 2 aromatic carbocycles. The molecular formula is C19H19N. The van der Waals surface area contributed by atoms with Gasteiger partial charge in [-0.25, -0.2) is 0 Å². The van der Waals surface area contributed by atoms with E-state index in [1.807, 2.05) is 12.1 Å². The Balaban J connectivity index is 2.05. The van der Waals surface area contributed by atoms with E-state index in [1.54, 1.807) is 0 Å². The van der Waals surface area contributed by atoms with Gasteiger partial charge in [0.25, 0.3) is 0 Å². The molecule has 20 heavy (non-hydrogen) atoms. The lowest BCUT2D eigenvalue weighted by atomic mass is 9.81. The van der Waals surface area contributed by atoms with Crippen LogP contribution in [0, 0.1) is 5.41 Å². The molecule has 0 aromatic heterocycles. The van der Waals surface area contributed by atoms with Crippen molar-refractivity contribution in [2.24, 2.45) is 10.4 Å². The standard InChI is InChI=1S/C19H19N/c1-19(2)13-17(15-9-5-3-6-10-15)20-18(14-19)16-11-7-4-8-12-16/h3-13H,14H2,1-2H3. The van der Waals surface area contributed by atoms with Gasteiger partial charge in [-0.2, -0.15) is 0 Å². The minimum Gasteiger partial charge on any atom is -0.253 e. The minimum atomic E-state index is 0.137. The van der Waals surface area contributed by atoms with E-state index in [-0.39, 0.29) is 5.41 Å². The first-order chi connectivity index (χ1) is 9.64. The highest BCUT2D eigenvalue weighted by atomic mass is 14.8. The van der Waals surface area contributed by atoms with E-state index in [2.05, 4.69) is 68.5 Å². The molecule has 1 aliphatic heterocycles. The lowest BCUT2D eigenvalue weighted by Crippen LogP contribution is -2.19. The van der Waals surface area contributed by atoms with Crippen LogP contribution in [-0.2, 0) is 0 Å². The van der Waals surface area contributed by atoms with E-state index in [0.717, 1.165) is 12.1 Å². The van der Waals surface area contributed by atoms with Crippen molar-refractivity contribution < 1.29 is 0 Å². The van der Waals surface area contributed by atoms with Gasteiger partial charge in [0.05, 0.1) is 5.70 Å². The third-order valence-electron chi connectivity index (χ3n) is 3.58. The third-order valence-corrected chi connectivity index (χ3v) is 3.58. The smallest absolute Gasteiger partial charge is 0.0671 e. The molecule has 3 rings (SSSR count). The van der Waals surface area contributed by atoms with Gasteiger partial charge in [-0.05, 0) is 23.0 Å². The Morgan fingerprint density at radius 3 is 1.95 bits per heavy atom. The number of rotatable bonds is 2. The first-order valence-electron chi connectivity index (χ1n) is 7.05. The highest BCUT2D eigenvalue weighted by molar-refractivity contribution is 6.05. The molecule has 1 heteroatoms. The second-order valence-electron chi connectivity index (χ2n) is 5.99. The van der Waals surface area contributed by atoms with E-state index >= 15 is 0 Å². The summed E-state index contributed by atoms with van der Waals surface area (Å²) in [7, 11) is 0. The number of benzene rings is 2. The monoisotopic (exact) mass is 261 g/mol. The van der Waals surface area contributed by atoms with Crippen molar-refractivity contribution in [3.05, 3.63) is 77.9 Å². The predicted molar refractivity (Wildman–Crippen MR) is 85.8 cm³/mol. The molecule has 0 saturated heterocycles. The van der Waals surface area contributed by atoms with E-state index in [0.29, 0.717) is 0 Å². The summed E-state index contributed by atoms with van der Waals surface area (Å²) >= 11 is 0. The summed E-state index contributed by atoms with van der Waals surface area (Å²) in [6, 6.07) is 20.9. The summed E-state index contributed by atoms with van der Waals surface area (Å²) in [5.74, 6) is 0. The normalized spacial score (nSPS) is 17.3. The Labute approximate surface area is 120 Å². The Kier molecular flexibility index (Phi) is 3.27. The quantitative estimate of drug-likeness (QED) is 0.725. The largest absolute Gasteiger partial charge is 0.253 e. The van der Waals surface area contributed by atoms with E-state index in [1.165, 1.54) is 16.8 Å². The summed E-state index contributed by atoms with van der Waals surface area (Å²) in [6.45, 7) is 4.54. The van der Waals surface area contributed by atoms with Crippen molar-refractivity contribution in [1.29, 1.82) is 0 Å². The number of hydrogen-bond acceptors (Lipinski definition) is 1. The number of nitrogens with zero attached hydrogens (tertiary/aromatic N) is 1. The highest BCUT2D eigenvalue weighted by Crippen LogP contribution is 2.34. The van der Waals surface area contributed by atoms with Gasteiger partial charge in [0.1, 0.15) is 0 Å². The molecule has 0 radical (unpaired) electrons. The molecule has 2 aromatic rings. The van der Waals surface area contributed by atoms with E-state index in [9.17, 15) is 0 Å². The predicted octanol–water partition coefficient (Wildman–Crippen LogP) is 4.95. The molecule has 1 aliphatic rings. The molecule has 0 amide bonds. The average molecular weight is 261 g/mol. The van der Waals surface area contributed by atoms with Crippen LogP contribution in [0.15, 0.2) is 71.7 Å². The van der Waals surface area contributed by atoms with Gasteiger partial charge >= 0.3 is 0 Å². The van der Waals surface area contributed by atoms with E-state index < -0.39 is 0 Å². The van der Waals surface area contributed by atoms with Crippen LogP contribution in [0.1, 0.15) is 31.4 Å². The molecular weight excluding hydrogens is 242 g/mol. The second kappa shape index (κ2) is 5.09. The van der Waals surface area contributed by atoms with Crippen LogP contribution in [0.25, 0.3) is 5.70 Å². The fourth-order valence-corrected chi connectivity index (χ4v) is 2.62. The van der Waals surface area contributed by atoms with Gasteiger partial charge in [-0.15, -0.1) is 0 Å². The molecule has 1 heterocycles. The van der Waals surface area contributed by atoms with Crippen LogP contribution in [0.5, 0.6) is 0 Å². The van der Waals surface area contributed by atoms with Crippen molar-refractivity contribution in [2.75, 3.05) is 0 Å². The summed E-state index contributed by atoms with van der Waals surface area (Å²) in [5, 5.41) is 0. The Morgan fingerprint density at radius 1 is 0.800 bits per heavy atom. The number of allylic oxidation sites excluding steroid dienone is 1. The Bertz CT molecular complexity index is 649. The lowest BCUT2D eigenvalue weighted by molar-refractivity contribution is 0.500. The van der Waals surface area contributed by atoms with Crippen LogP contribution in [0.2, 0.25) is 0 Å².